The zero-order valence-corrected chi connectivity index (χ0v) is 18.4. The molecule has 3 rings (SSSR count). The Labute approximate surface area is 187 Å². The fourth-order valence-corrected chi connectivity index (χ4v) is 3.34. The molecule has 3 aromatic rings. The Kier molecular flexibility index (Phi) is 6.57. The molecule has 0 unspecified atom stereocenters. The Hall–Kier alpha value is -3.84. The number of nitriles is 1. The SMILES string of the molecule is COc1cc(-c2nc(N)nc(N)c2C#N)cc(Br)c1OCC(=O)Nc1ccc(C)cc1. The maximum absolute atomic E-state index is 12.3. The molecule has 0 radical (unpaired) electrons. The molecule has 0 fully saturated rings. The molecule has 9 nitrogen and oxygen atoms in total. The van der Waals surface area contributed by atoms with Crippen LogP contribution in [0.15, 0.2) is 40.9 Å². The van der Waals surface area contributed by atoms with Gasteiger partial charge in [-0.3, -0.25) is 4.79 Å². The van der Waals surface area contributed by atoms with Crippen LogP contribution in [0.1, 0.15) is 11.1 Å². The number of rotatable bonds is 6. The summed E-state index contributed by atoms with van der Waals surface area (Å²) in [4.78, 5) is 20.2. The summed E-state index contributed by atoms with van der Waals surface area (Å²) in [7, 11) is 1.46. The van der Waals surface area contributed by atoms with Gasteiger partial charge in [0.2, 0.25) is 5.95 Å². The third kappa shape index (κ3) is 5.02. The monoisotopic (exact) mass is 482 g/mol. The van der Waals surface area contributed by atoms with Crippen LogP contribution in [-0.4, -0.2) is 29.6 Å². The highest BCUT2D eigenvalue weighted by Gasteiger charge is 2.19. The molecule has 10 heteroatoms. The quantitative estimate of drug-likeness (QED) is 0.484. The molecular weight excluding hydrogens is 464 g/mol. The van der Waals surface area contributed by atoms with E-state index >= 15 is 0 Å². The lowest BCUT2D eigenvalue weighted by Gasteiger charge is -2.15. The van der Waals surface area contributed by atoms with Crippen LogP contribution in [0.2, 0.25) is 0 Å². The Bertz CT molecular complexity index is 1180. The predicted molar refractivity (Wildman–Crippen MR) is 121 cm³/mol. The first kappa shape index (κ1) is 21.9. The maximum atomic E-state index is 12.3. The van der Waals surface area contributed by atoms with E-state index in [0.717, 1.165) is 5.56 Å². The van der Waals surface area contributed by atoms with Gasteiger partial charge in [-0.25, -0.2) is 4.98 Å². The summed E-state index contributed by atoms with van der Waals surface area (Å²) in [6.45, 7) is 1.73. The Morgan fingerprint density at radius 2 is 1.94 bits per heavy atom. The van der Waals surface area contributed by atoms with Crippen molar-refractivity contribution in [1.82, 2.24) is 9.97 Å². The van der Waals surface area contributed by atoms with E-state index in [4.69, 9.17) is 20.9 Å². The number of hydrogen-bond donors (Lipinski definition) is 3. The number of halogens is 1. The van der Waals surface area contributed by atoms with Crippen molar-refractivity contribution in [2.75, 3.05) is 30.5 Å². The zero-order chi connectivity index (χ0) is 22.5. The third-order valence-electron chi connectivity index (χ3n) is 4.25. The standard InChI is InChI=1S/C21H19BrN6O3/c1-11-3-5-13(6-4-11)26-17(29)10-31-19-15(22)7-12(8-16(19)30-2)18-14(9-23)20(24)28-21(25)27-18/h3-8H,10H2,1-2H3,(H,26,29)(H4,24,25,27,28). The number of anilines is 3. The minimum atomic E-state index is -0.329. The molecule has 1 amide bonds. The van der Waals surface area contributed by atoms with Crippen molar-refractivity contribution in [1.29, 1.82) is 5.26 Å². The number of aromatic nitrogens is 2. The van der Waals surface area contributed by atoms with Crippen LogP contribution in [-0.2, 0) is 4.79 Å². The molecule has 0 saturated heterocycles. The number of hydrogen-bond acceptors (Lipinski definition) is 8. The Balaban J connectivity index is 1.84. The van der Waals surface area contributed by atoms with Crippen molar-refractivity contribution in [3.05, 3.63) is 52.0 Å². The van der Waals surface area contributed by atoms with Gasteiger partial charge in [0.15, 0.2) is 18.1 Å². The number of nitrogens with zero attached hydrogens (tertiary/aromatic N) is 3. The van der Waals surface area contributed by atoms with Gasteiger partial charge in [0.25, 0.3) is 5.91 Å². The summed E-state index contributed by atoms with van der Waals surface area (Å²) in [6.07, 6.45) is 0. The molecule has 158 valence electrons. The second-order valence-corrected chi connectivity index (χ2v) is 7.35. The van der Waals surface area contributed by atoms with Gasteiger partial charge in [-0.05, 0) is 47.1 Å². The second-order valence-electron chi connectivity index (χ2n) is 6.49. The maximum Gasteiger partial charge on any atom is 0.262 e. The van der Waals surface area contributed by atoms with E-state index in [2.05, 4.69) is 31.2 Å². The molecule has 0 bridgehead atoms. The van der Waals surface area contributed by atoms with Gasteiger partial charge in [-0.2, -0.15) is 10.2 Å². The van der Waals surface area contributed by atoms with Crippen molar-refractivity contribution in [2.45, 2.75) is 6.92 Å². The Morgan fingerprint density at radius 1 is 1.23 bits per heavy atom. The summed E-state index contributed by atoms with van der Waals surface area (Å²) in [6, 6.07) is 12.7. The number of benzene rings is 2. The normalized spacial score (nSPS) is 10.3. The molecule has 1 aromatic heterocycles. The first-order valence-corrected chi connectivity index (χ1v) is 9.82. The van der Waals surface area contributed by atoms with Crippen LogP contribution in [0.4, 0.5) is 17.5 Å². The summed E-state index contributed by atoms with van der Waals surface area (Å²) < 4.78 is 11.6. The number of ether oxygens (including phenoxy) is 2. The number of carbonyl (C=O) groups excluding carboxylic acids is 1. The molecular formula is C21H19BrN6O3. The predicted octanol–water partition coefficient (Wildman–Crippen LogP) is 3.28. The lowest BCUT2D eigenvalue weighted by molar-refractivity contribution is -0.118. The number of nitrogen functional groups attached to an aromatic ring is 2. The third-order valence-corrected chi connectivity index (χ3v) is 4.84. The molecule has 31 heavy (non-hydrogen) atoms. The van der Waals surface area contributed by atoms with Crippen molar-refractivity contribution in [3.8, 4) is 28.8 Å². The van der Waals surface area contributed by atoms with Crippen molar-refractivity contribution in [3.63, 3.8) is 0 Å². The fourth-order valence-electron chi connectivity index (χ4n) is 2.78. The second kappa shape index (κ2) is 9.32. The van der Waals surface area contributed by atoms with E-state index in [1.165, 1.54) is 7.11 Å². The lowest BCUT2D eigenvalue weighted by atomic mass is 10.1. The highest BCUT2D eigenvalue weighted by atomic mass is 79.9. The molecule has 2 aromatic carbocycles. The molecule has 0 aliphatic heterocycles. The van der Waals surface area contributed by atoms with Crippen molar-refractivity contribution < 1.29 is 14.3 Å². The van der Waals surface area contributed by atoms with E-state index in [9.17, 15) is 10.1 Å². The number of amides is 1. The van der Waals surface area contributed by atoms with E-state index in [-0.39, 0.29) is 35.5 Å². The average molecular weight is 483 g/mol. The summed E-state index contributed by atoms with van der Waals surface area (Å²) in [5.74, 6) is 0.235. The Morgan fingerprint density at radius 3 is 2.58 bits per heavy atom. The van der Waals surface area contributed by atoms with Gasteiger partial charge in [-0.1, -0.05) is 17.7 Å². The largest absolute Gasteiger partial charge is 0.493 e. The minimum absolute atomic E-state index is 0.0202. The van der Waals surface area contributed by atoms with Gasteiger partial charge < -0.3 is 26.3 Å². The van der Waals surface area contributed by atoms with E-state index < -0.39 is 0 Å². The zero-order valence-electron chi connectivity index (χ0n) is 16.8. The van der Waals surface area contributed by atoms with E-state index in [0.29, 0.717) is 27.2 Å². The highest BCUT2D eigenvalue weighted by molar-refractivity contribution is 9.10. The average Bonchev–Trinajstić information content (AvgIpc) is 2.73. The van der Waals surface area contributed by atoms with E-state index in [1.54, 1.807) is 12.1 Å². The van der Waals surface area contributed by atoms with Crippen LogP contribution in [0.5, 0.6) is 11.5 Å². The number of nitrogens with two attached hydrogens (primary N) is 2. The van der Waals surface area contributed by atoms with Crippen LogP contribution in [0.3, 0.4) is 0 Å². The van der Waals surface area contributed by atoms with Crippen LogP contribution >= 0.6 is 15.9 Å². The molecule has 0 aliphatic carbocycles. The summed E-state index contributed by atoms with van der Waals surface area (Å²) in [5.41, 5.74) is 14.1. The molecule has 0 saturated carbocycles. The van der Waals surface area contributed by atoms with Gasteiger partial charge in [-0.15, -0.1) is 0 Å². The minimum Gasteiger partial charge on any atom is -0.493 e. The van der Waals surface area contributed by atoms with Crippen molar-refractivity contribution >= 4 is 39.3 Å². The van der Waals surface area contributed by atoms with Crippen molar-refractivity contribution in [2.24, 2.45) is 0 Å². The van der Waals surface area contributed by atoms with E-state index in [1.807, 2.05) is 37.3 Å². The molecule has 0 atom stereocenters. The van der Waals surface area contributed by atoms with Gasteiger partial charge in [0, 0.05) is 11.3 Å². The number of aryl methyl sites for hydroxylation is 1. The number of nitrogens with one attached hydrogen (secondary N) is 1. The van der Waals surface area contributed by atoms with Gasteiger partial charge >= 0.3 is 0 Å². The van der Waals surface area contributed by atoms with Crippen LogP contribution in [0, 0.1) is 18.3 Å². The molecule has 1 heterocycles. The molecule has 5 N–H and O–H groups in total. The van der Waals surface area contributed by atoms with Gasteiger partial charge in [0.1, 0.15) is 17.5 Å². The number of methoxy groups -OCH3 is 1. The summed E-state index contributed by atoms with van der Waals surface area (Å²) in [5, 5.41) is 12.2. The summed E-state index contributed by atoms with van der Waals surface area (Å²) >= 11 is 3.42. The fraction of sp³-hybridized carbons (Fsp3) is 0.143. The van der Waals surface area contributed by atoms with Crippen LogP contribution < -0.4 is 26.3 Å². The topological polar surface area (TPSA) is 149 Å². The molecule has 0 spiro atoms. The number of carbonyl (C=O) groups is 1. The smallest absolute Gasteiger partial charge is 0.262 e. The molecule has 0 aliphatic rings. The van der Waals surface area contributed by atoms with Gasteiger partial charge in [0.05, 0.1) is 17.3 Å². The first-order chi connectivity index (χ1) is 14.8. The first-order valence-electron chi connectivity index (χ1n) is 9.02. The van der Waals surface area contributed by atoms with Crippen LogP contribution in [0.25, 0.3) is 11.3 Å². The highest BCUT2D eigenvalue weighted by Crippen LogP contribution is 2.40. The lowest BCUT2D eigenvalue weighted by Crippen LogP contribution is -2.20.